The third-order valence-corrected chi connectivity index (χ3v) is 2.91. The Morgan fingerprint density at radius 3 is 2.82 bits per heavy atom. The molecule has 1 unspecified atom stereocenters. The molecule has 0 aliphatic heterocycles. The summed E-state index contributed by atoms with van der Waals surface area (Å²) in [6.07, 6.45) is 7.00. The lowest BCUT2D eigenvalue weighted by Crippen LogP contribution is -2.32. The third kappa shape index (κ3) is 3.86. The van der Waals surface area contributed by atoms with E-state index in [1.54, 1.807) is 6.92 Å². The molecule has 0 heterocycles. The Kier molecular flexibility index (Phi) is 4.70. The van der Waals surface area contributed by atoms with Gasteiger partial charge in [0.05, 0.1) is 12.2 Å². The lowest BCUT2D eigenvalue weighted by atomic mass is 9.89. The van der Waals surface area contributed by atoms with E-state index in [9.17, 15) is 4.79 Å². The highest BCUT2D eigenvalue weighted by atomic mass is 16.6. The molecular formula is C14H20O3. The van der Waals surface area contributed by atoms with E-state index in [4.69, 9.17) is 9.47 Å². The normalized spacial score (nSPS) is 23.1. The highest BCUT2D eigenvalue weighted by molar-refractivity contribution is 5.86. The van der Waals surface area contributed by atoms with Crippen LogP contribution in [0, 0.1) is 0 Å². The Morgan fingerprint density at radius 1 is 1.53 bits per heavy atom. The standard InChI is InChI=1S/C14H20O3/c1-11(2)13(15)16-9-10-17-14(4)8-6-5-7-12(14)3/h5-7H,1,8-10H2,2-4H3. The van der Waals surface area contributed by atoms with Gasteiger partial charge >= 0.3 is 5.97 Å². The molecule has 0 saturated heterocycles. The fourth-order valence-corrected chi connectivity index (χ4v) is 1.54. The molecule has 0 aromatic heterocycles. The molecule has 94 valence electrons. The first-order valence-electron chi connectivity index (χ1n) is 5.76. The van der Waals surface area contributed by atoms with E-state index < -0.39 is 0 Å². The van der Waals surface area contributed by atoms with Crippen molar-refractivity contribution in [3.05, 3.63) is 36.0 Å². The van der Waals surface area contributed by atoms with Gasteiger partial charge in [-0.25, -0.2) is 4.79 Å². The van der Waals surface area contributed by atoms with Crippen molar-refractivity contribution in [3.8, 4) is 0 Å². The van der Waals surface area contributed by atoms with Crippen LogP contribution in [0.25, 0.3) is 0 Å². The number of allylic oxidation sites excluding steroid dienone is 2. The lowest BCUT2D eigenvalue weighted by molar-refractivity contribution is -0.142. The van der Waals surface area contributed by atoms with Gasteiger partial charge in [-0.05, 0) is 32.8 Å². The summed E-state index contributed by atoms with van der Waals surface area (Å²) in [6.45, 7) is 9.89. The van der Waals surface area contributed by atoms with Crippen molar-refractivity contribution < 1.29 is 14.3 Å². The van der Waals surface area contributed by atoms with E-state index in [0.29, 0.717) is 12.2 Å². The van der Waals surface area contributed by atoms with Crippen molar-refractivity contribution in [2.75, 3.05) is 13.2 Å². The monoisotopic (exact) mass is 236 g/mol. The van der Waals surface area contributed by atoms with Crippen LogP contribution in [-0.2, 0) is 14.3 Å². The van der Waals surface area contributed by atoms with Gasteiger partial charge in [-0.1, -0.05) is 24.8 Å². The minimum Gasteiger partial charge on any atom is -0.460 e. The summed E-state index contributed by atoms with van der Waals surface area (Å²) in [4.78, 5) is 11.1. The Bertz CT molecular complexity index is 366. The largest absolute Gasteiger partial charge is 0.460 e. The molecule has 0 bridgehead atoms. The van der Waals surface area contributed by atoms with Crippen molar-refractivity contribution in [1.29, 1.82) is 0 Å². The van der Waals surface area contributed by atoms with Crippen LogP contribution in [0.5, 0.6) is 0 Å². The molecule has 1 aliphatic rings. The van der Waals surface area contributed by atoms with Crippen LogP contribution in [0.15, 0.2) is 36.0 Å². The van der Waals surface area contributed by atoms with Crippen LogP contribution in [-0.4, -0.2) is 24.8 Å². The molecule has 17 heavy (non-hydrogen) atoms. The molecule has 1 aliphatic carbocycles. The van der Waals surface area contributed by atoms with Gasteiger partial charge in [-0.2, -0.15) is 0 Å². The Labute approximate surface area is 103 Å². The molecule has 0 fully saturated rings. The highest BCUT2D eigenvalue weighted by Gasteiger charge is 2.27. The Morgan fingerprint density at radius 2 is 2.24 bits per heavy atom. The van der Waals surface area contributed by atoms with Gasteiger partial charge in [0.1, 0.15) is 6.61 Å². The molecule has 3 nitrogen and oxygen atoms in total. The maximum absolute atomic E-state index is 11.1. The van der Waals surface area contributed by atoms with Crippen LogP contribution in [0.1, 0.15) is 27.2 Å². The van der Waals surface area contributed by atoms with Crippen molar-refractivity contribution >= 4 is 5.97 Å². The maximum Gasteiger partial charge on any atom is 0.333 e. The van der Waals surface area contributed by atoms with Crippen molar-refractivity contribution in [2.45, 2.75) is 32.8 Å². The number of carbonyl (C=O) groups excluding carboxylic acids is 1. The van der Waals surface area contributed by atoms with E-state index in [2.05, 4.69) is 12.7 Å². The van der Waals surface area contributed by atoms with E-state index >= 15 is 0 Å². The van der Waals surface area contributed by atoms with Gasteiger partial charge in [-0.15, -0.1) is 0 Å². The topological polar surface area (TPSA) is 35.5 Å². The molecule has 3 heteroatoms. The van der Waals surface area contributed by atoms with Gasteiger partial charge < -0.3 is 9.47 Å². The zero-order valence-electron chi connectivity index (χ0n) is 10.8. The minimum atomic E-state index is -0.366. The maximum atomic E-state index is 11.1. The summed E-state index contributed by atoms with van der Waals surface area (Å²) in [6, 6.07) is 0. The molecular weight excluding hydrogens is 216 g/mol. The zero-order chi connectivity index (χ0) is 12.9. The van der Waals surface area contributed by atoms with Gasteiger partial charge in [-0.3, -0.25) is 0 Å². The number of ether oxygens (including phenoxy) is 2. The number of esters is 1. The average Bonchev–Trinajstić information content (AvgIpc) is 2.28. The first kappa shape index (κ1) is 13.7. The molecule has 0 aromatic carbocycles. The summed E-state index contributed by atoms with van der Waals surface area (Å²) in [5.74, 6) is -0.366. The number of carbonyl (C=O) groups is 1. The minimum absolute atomic E-state index is 0.262. The van der Waals surface area contributed by atoms with Gasteiger partial charge in [0.15, 0.2) is 0 Å². The summed E-state index contributed by atoms with van der Waals surface area (Å²) in [7, 11) is 0. The number of hydrogen-bond acceptors (Lipinski definition) is 3. The van der Waals surface area contributed by atoms with Crippen LogP contribution < -0.4 is 0 Å². The second-order valence-corrected chi connectivity index (χ2v) is 4.48. The summed E-state index contributed by atoms with van der Waals surface area (Å²) < 4.78 is 10.8. The van der Waals surface area contributed by atoms with E-state index in [-0.39, 0.29) is 18.2 Å². The number of rotatable bonds is 5. The summed E-state index contributed by atoms with van der Waals surface area (Å²) in [5, 5.41) is 0. The second kappa shape index (κ2) is 5.82. The second-order valence-electron chi connectivity index (χ2n) is 4.48. The molecule has 1 rings (SSSR count). The predicted octanol–water partition coefficient (Wildman–Crippen LogP) is 2.79. The van der Waals surface area contributed by atoms with Gasteiger partial charge in [0.2, 0.25) is 0 Å². The SMILES string of the molecule is C=C(C)C(=O)OCCOC1(C)CC=CC=C1C. The van der Waals surface area contributed by atoms with Gasteiger partial charge in [0.25, 0.3) is 0 Å². The van der Waals surface area contributed by atoms with E-state index in [1.807, 2.05) is 26.0 Å². The van der Waals surface area contributed by atoms with E-state index in [0.717, 1.165) is 6.42 Å². The predicted molar refractivity (Wildman–Crippen MR) is 67.6 cm³/mol. The Balaban J connectivity index is 2.32. The van der Waals surface area contributed by atoms with E-state index in [1.165, 1.54) is 5.57 Å². The Hall–Kier alpha value is -1.35. The molecule has 0 N–H and O–H groups in total. The molecule has 0 aromatic rings. The number of hydrogen-bond donors (Lipinski definition) is 0. The smallest absolute Gasteiger partial charge is 0.333 e. The molecule has 0 radical (unpaired) electrons. The van der Waals surface area contributed by atoms with Crippen molar-refractivity contribution in [3.63, 3.8) is 0 Å². The average molecular weight is 236 g/mol. The first-order chi connectivity index (χ1) is 7.96. The quantitative estimate of drug-likeness (QED) is 0.418. The van der Waals surface area contributed by atoms with Crippen LogP contribution in [0.3, 0.4) is 0 Å². The zero-order valence-corrected chi connectivity index (χ0v) is 10.8. The fraction of sp³-hybridized carbons (Fsp3) is 0.500. The molecule has 0 saturated carbocycles. The molecule has 1 atom stereocenters. The summed E-state index contributed by atoms with van der Waals surface area (Å²) >= 11 is 0. The first-order valence-corrected chi connectivity index (χ1v) is 5.76. The van der Waals surface area contributed by atoms with Crippen molar-refractivity contribution in [2.24, 2.45) is 0 Å². The molecule has 0 amide bonds. The highest BCUT2D eigenvalue weighted by Crippen LogP contribution is 2.28. The van der Waals surface area contributed by atoms with Crippen LogP contribution >= 0.6 is 0 Å². The van der Waals surface area contributed by atoms with Crippen LogP contribution in [0.4, 0.5) is 0 Å². The molecule has 0 spiro atoms. The van der Waals surface area contributed by atoms with Gasteiger partial charge in [0, 0.05) is 5.57 Å². The fourth-order valence-electron chi connectivity index (χ4n) is 1.54. The van der Waals surface area contributed by atoms with Crippen molar-refractivity contribution in [1.82, 2.24) is 0 Å². The lowest BCUT2D eigenvalue weighted by Gasteiger charge is -2.31. The summed E-state index contributed by atoms with van der Waals surface area (Å²) in [5.41, 5.74) is 1.32. The van der Waals surface area contributed by atoms with Crippen LogP contribution in [0.2, 0.25) is 0 Å². The third-order valence-electron chi connectivity index (χ3n) is 2.91.